The van der Waals surface area contributed by atoms with Gasteiger partial charge in [-0.15, -0.1) is 0 Å². The summed E-state index contributed by atoms with van der Waals surface area (Å²) in [7, 11) is 0. The zero-order valence-electron chi connectivity index (χ0n) is 12.0. The van der Waals surface area contributed by atoms with Gasteiger partial charge in [-0.3, -0.25) is 4.99 Å². The van der Waals surface area contributed by atoms with Gasteiger partial charge in [0.25, 0.3) is 0 Å². The number of nitrogens with zero attached hydrogens (tertiary/aromatic N) is 2. The van der Waals surface area contributed by atoms with Crippen molar-refractivity contribution < 1.29 is 0 Å². The predicted molar refractivity (Wildman–Crippen MR) is 88.1 cm³/mol. The van der Waals surface area contributed by atoms with E-state index in [9.17, 15) is 0 Å². The van der Waals surface area contributed by atoms with Crippen LogP contribution in [0.3, 0.4) is 0 Å². The number of para-hydroxylation sites is 2. The average Bonchev–Trinajstić information content (AvgIpc) is 2.72. The van der Waals surface area contributed by atoms with Crippen molar-refractivity contribution >= 4 is 22.8 Å². The van der Waals surface area contributed by atoms with Crippen LogP contribution in [0.4, 0.5) is 11.4 Å². The van der Waals surface area contributed by atoms with Crippen LogP contribution in [0, 0.1) is 5.92 Å². The Morgan fingerprint density at radius 3 is 2.29 bits per heavy atom. The summed E-state index contributed by atoms with van der Waals surface area (Å²) in [6, 6.07) is 18.8. The molecule has 0 radical (unpaired) electrons. The Hall–Kier alpha value is -2.22. The van der Waals surface area contributed by atoms with E-state index in [4.69, 9.17) is 9.98 Å². The van der Waals surface area contributed by atoms with Crippen molar-refractivity contribution in [2.24, 2.45) is 15.9 Å². The van der Waals surface area contributed by atoms with Crippen LogP contribution in [0.5, 0.6) is 0 Å². The van der Waals surface area contributed by atoms with E-state index in [1.165, 1.54) is 36.2 Å². The van der Waals surface area contributed by atoms with E-state index in [0.29, 0.717) is 5.92 Å². The highest BCUT2D eigenvalue weighted by molar-refractivity contribution is 6.17. The van der Waals surface area contributed by atoms with Crippen molar-refractivity contribution in [3.05, 3.63) is 60.2 Å². The standard InChI is InChI=1S/C19H18N2/c1-2-8-14(9-3-1)19-15-10-4-5-11-16(15)20-17-12-6-7-13-18(17)21-19/h1-3,6-9,12-13,15H,4-5,10-11H2. The smallest absolute Gasteiger partial charge is 0.0889 e. The fourth-order valence-corrected chi connectivity index (χ4v) is 3.31. The van der Waals surface area contributed by atoms with Crippen molar-refractivity contribution in [3.8, 4) is 0 Å². The topological polar surface area (TPSA) is 24.7 Å². The molecule has 2 heteroatoms. The van der Waals surface area contributed by atoms with Crippen LogP contribution in [0.25, 0.3) is 0 Å². The third-order valence-corrected chi connectivity index (χ3v) is 4.36. The third-order valence-electron chi connectivity index (χ3n) is 4.36. The molecule has 1 atom stereocenters. The molecule has 0 spiro atoms. The predicted octanol–water partition coefficient (Wildman–Crippen LogP) is 5.08. The summed E-state index contributed by atoms with van der Waals surface area (Å²) in [4.78, 5) is 9.93. The summed E-state index contributed by atoms with van der Waals surface area (Å²) in [5.74, 6) is 0.383. The van der Waals surface area contributed by atoms with Gasteiger partial charge in [0.1, 0.15) is 0 Å². The molecule has 1 heterocycles. The monoisotopic (exact) mass is 274 g/mol. The van der Waals surface area contributed by atoms with Gasteiger partial charge in [0, 0.05) is 11.6 Å². The van der Waals surface area contributed by atoms with Crippen molar-refractivity contribution in [1.82, 2.24) is 0 Å². The Balaban J connectivity index is 1.91. The SMILES string of the molecule is c1ccc(C2=Nc3ccccc3N=C3CCCCC32)cc1. The molecule has 2 aromatic rings. The first-order valence-corrected chi connectivity index (χ1v) is 7.72. The molecular weight excluding hydrogens is 256 g/mol. The normalized spacial score (nSPS) is 20.7. The maximum absolute atomic E-state index is 5.00. The number of fused-ring (bicyclic) bond motifs is 2. The maximum Gasteiger partial charge on any atom is 0.0889 e. The highest BCUT2D eigenvalue weighted by Crippen LogP contribution is 2.37. The van der Waals surface area contributed by atoms with Crippen molar-refractivity contribution in [2.45, 2.75) is 25.7 Å². The molecule has 2 nitrogen and oxygen atoms in total. The van der Waals surface area contributed by atoms with E-state index in [2.05, 4.69) is 42.5 Å². The van der Waals surface area contributed by atoms with Gasteiger partial charge in [-0.25, -0.2) is 4.99 Å². The molecule has 1 aliphatic carbocycles. The van der Waals surface area contributed by atoms with Crippen LogP contribution in [0.15, 0.2) is 64.6 Å². The van der Waals surface area contributed by atoms with Gasteiger partial charge >= 0.3 is 0 Å². The molecule has 1 aliphatic heterocycles. The quantitative estimate of drug-likeness (QED) is 0.692. The molecule has 0 bridgehead atoms. The van der Waals surface area contributed by atoms with Gasteiger partial charge in [0.2, 0.25) is 0 Å². The number of benzene rings is 2. The zero-order chi connectivity index (χ0) is 14.1. The molecule has 1 fully saturated rings. The lowest BCUT2D eigenvalue weighted by molar-refractivity contribution is 0.614. The van der Waals surface area contributed by atoms with Gasteiger partial charge in [-0.05, 0) is 37.0 Å². The van der Waals surface area contributed by atoms with Gasteiger partial charge < -0.3 is 0 Å². The van der Waals surface area contributed by atoms with E-state index in [1.807, 2.05) is 12.1 Å². The van der Waals surface area contributed by atoms with Gasteiger partial charge in [0.15, 0.2) is 0 Å². The molecule has 0 amide bonds. The minimum atomic E-state index is 0.383. The molecule has 2 aliphatic rings. The second-order valence-electron chi connectivity index (χ2n) is 5.75. The Morgan fingerprint density at radius 2 is 1.48 bits per heavy atom. The third kappa shape index (κ3) is 2.31. The molecule has 1 saturated carbocycles. The second-order valence-corrected chi connectivity index (χ2v) is 5.75. The van der Waals surface area contributed by atoms with E-state index < -0.39 is 0 Å². The molecule has 2 aromatic carbocycles. The lowest BCUT2D eigenvalue weighted by Crippen LogP contribution is -2.27. The Bertz CT molecular complexity index is 713. The van der Waals surface area contributed by atoms with Crippen molar-refractivity contribution in [1.29, 1.82) is 0 Å². The minimum Gasteiger partial charge on any atom is -0.255 e. The Kier molecular flexibility index (Phi) is 3.15. The fraction of sp³-hybridized carbons (Fsp3) is 0.263. The number of rotatable bonds is 1. The highest BCUT2D eigenvalue weighted by atomic mass is 14.9. The van der Waals surface area contributed by atoms with E-state index in [1.54, 1.807) is 0 Å². The molecule has 1 unspecified atom stereocenters. The first-order valence-electron chi connectivity index (χ1n) is 7.72. The first kappa shape index (κ1) is 12.5. The summed E-state index contributed by atoms with van der Waals surface area (Å²) in [6.07, 6.45) is 4.79. The number of hydrogen-bond acceptors (Lipinski definition) is 2. The Morgan fingerprint density at radius 1 is 0.762 bits per heavy atom. The minimum absolute atomic E-state index is 0.383. The molecule has 21 heavy (non-hydrogen) atoms. The van der Waals surface area contributed by atoms with Crippen LogP contribution in [-0.2, 0) is 0 Å². The van der Waals surface area contributed by atoms with E-state index in [-0.39, 0.29) is 0 Å². The fourth-order valence-electron chi connectivity index (χ4n) is 3.31. The van der Waals surface area contributed by atoms with Crippen LogP contribution >= 0.6 is 0 Å². The largest absolute Gasteiger partial charge is 0.255 e. The van der Waals surface area contributed by atoms with Crippen molar-refractivity contribution in [3.63, 3.8) is 0 Å². The molecule has 0 saturated heterocycles. The maximum atomic E-state index is 5.00. The van der Waals surface area contributed by atoms with Gasteiger partial charge in [-0.2, -0.15) is 0 Å². The number of hydrogen-bond donors (Lipinski definition) is 0. The number of aliphatic imine (C=N–C) groups is 2. The first-order chi connectivity index (χ1) is 10.4. The van der Waals surface area contributed by atoms with E-state index in [0.717, 1.165) is 17.8 Å². The lowest BCUT2D eigenvalue weighted by atomic mass is 9.81. The summed E-state index contributed by atoms with van der Waals surface area (Å²) >= 11 is 0. The van der Waals surface area contributed by atoms with Crippen molar-refractivity contribution in [2.75, 3.05) is 0 Å². The zero-order valence-corrected chi connectivity index (χ0v) is 12.0. The summed E-state index contributed by atoms with van der Waals surface area (Å²) in [5.41, 5.74) is 5.75. The van der Waals surface area contributed by atoms with Gasteiger partial charge in [0.05, 0.1) is 17.1 Å². The molecule has 4 rings (SSSR count). The van der Waals surface area contributed by atoms with Crippen LogP contribution in [-0.4, -0.2) is 11.4 Å². The second kappa shape index (κ2) is 5.28. The summed E-state index contributed by atoms with van der Waals surface area (Å²) in [5, 5.41) is 0. The molecule has 104 valence electrons. The molecule has 0 N–H and O–H groups in total. The lowest BCUT2D eigenvalue weighted by Gasteiger charge is -2.24. The molecule has 0 aromatic heterocycles. The van der Waals surface area contributed by atoms with E-state index >= 15 is 0 Å². The van der Waals surface area contributed by atoms with Gasteiger partial charge in [-0.1, -0.05) is 48.9 Å². The van der Waals surface area contributed by atoms with Crippen LogP contribution in [0.2, 0.25) is 0 Å². The van der Waals surface area contributed by atoms with Crippen LogP contribution < -0.4 is 0 Å². The highest BCUT2D eigenvalue weighted by Gasteiger charge is 2.28. The summed E-state index contributed by atoms with van der Waals surface area (Å²) < 4.78 is 0. The average molecular weight is 274 g/mol. The summed E-state index contributed by atoms with van der Waals surface area (Å²) in [6.45, 7) is 0. The molecular formula is C19H18N2. The Labute approximate surface area is 125 Å². The van der Waals surface area contributed by atoms with Crippen LogP contribution in [0.1, 0.15) is 31.2 Å².